The van der Waals surface area contributed by atoms with Gasteiger partial charge in [-0.2, -0.15) is 0 Å². The van der Waals surface area contributed by atoms with E-state index >= 15 is 0 Å². The van der Waals surface area contributed by atoms with Crippen molar-refractivity contribution < 1.29 is 31.1 Å². The first-order valence-electron chi connectivity index (χ1n) is 7.41. The van der Waals surface area contributed by atoms with Crippen molar-refractivity contribution in [1.82, 2.24) is 15.4 Å². The van der Waals surface area contributed by atoms with E-state index in [0.29, 0.717) is 6.54 Å². The number of nitrogens with one attached hydrogen (secondary N) is 3. The molecule has 0 aromatic heterocycles. The second kappa shape index (κ2) is 11.2. The predicted octanol–water partition coefficient (Wildman–Crippen LogP) is 1.40. The number of alkyl halides is 3. The molecule has 0 bridgehead atoms. The van der Waals surface area contributed by atoms with E-state index in [1.807, 2.05) is 0 Å². The lowest BCUT2D eigenvalue weighted by molar-refractivity contribution is -0.274. The summed E-state index contributed by atoms with van der Waals surface area (Å²) in [6.07, 6.45) is -4.15. The van der Waals surface area contributed by atoms with Gasteiger partial charge >= 0.3 is 6.36 Å². The Kier molecular flexibility index (Phi) is 10.5. The molecule has 12 heteroatoms. The molecule has 0 atom stereocenters. The number of benzene rings is 1. The fourth-order valence-electron chi connectivity index (χ4n) is 1.78. The first-order valence-corrected chi connectivity index (χ1v) is 8.89. The maximum absolute atomic E-state index is 12.1. The zero-order chi connectivity index (χ0) is 18.9. The summed E-state index contributed by atoms with van der Waals surface area (Å²) in [6, 6.07) is 3.77. The standard InChI is InChI=1S/C14H20F3N3O4S.ClH/c1-18-8-2-9-19-13(21)7-10-20-25(22,23)12-5-3-11(4-6-12)24-14(15,16)17;/h3-6,18,20H,2,7-10H2,1H3,(H,19,21);1H. The lowest BCUT2D eigenvalue weighted by Gasteiger charge is -2.10. The van der Waals surface area contributed by atoms with Crippen LogP contribution in [0.25, 0.3) is 0 Å². The third kappa shape index (κ3) is 9.80. The minimum Gasteiger partial charge on any atom is -0.406 e. The first kappa shape index (κ1) is 24.4. The van der Waals surface area contributed by atoms with E-state index in [4.69, 9.17) is 0 Å². The molecule has 0 aliphatic rings. The topological polar surface area (TPSA) is 96.5 Å². The molecule has 1 amide bonds. The fraction of sp³-hybridized carbons (Fsp3) is 0.500. The number of rotatable bonds is 10. The van der Waals surface area contributed by atoms with Crippen LogP contribution in [-0.2, 0) is 14.8 Å². The Bertz CT molecular complexity index is 654. The SMILES string of the molecule is CNCCCNC(=O)CCNS(=O)(=O)c1ccc(OC(F)(F)F)cc1.Cl. The molecule has 1 aromatic carbocycles. The molecular formula is C14H21ClF3N3O4S. The van der Waals surface area contributed by atoms with Crippen LogP contribution in [0.4, 0.5) is 13.2 Å². The molecule has 7 nitrogen and oxygen atoms in total. The van der Waals surface area contributed by atoms with Gasteiger partial charge in [-0.05, 0) is 44.3 Å². The summed E-state index contributed by atoms with van der Waals surface area (Å²) in [7, 11) is -2.13. The van der Waals surface area contributed by atoms with Crippen LogP contribution in [0.1, 0.15) is 12.8 Å². The van der Waals surface area contributed by atoms with Gasteiger partial charge in [-0.15, -0.1) is 25.6 Å². The van der Waals surface area contributed by atoms with E-state index in [2.05, 4.69) is 20.1 Å². The van der Waals surface area contributed by atoms with Gasteiger partial charge in [-0.25, -0.2) is 13.1 Å². The molecule has 0 radical (unpaired) electrons. The Labute approximate surface area is 156 Å². The second-order valence-electron chi connectivity index (χ2n) is 4.97. The third-order valence-electron chi connectivity index (χ3n) is 2.94. The number of carbonyl (C=O) groups excluding carboxylic acids is 1. The highest BCUT2D eigenvalue weighted by Crippen LogP contribution is 2.23. The van der Waals surface area contributed by atoms with Crippen molar-refractivity contribution >= 4 is 28.3 Å². The van der Waals surface area contributed by atoms with E-state index in [1.54, 1.807) is 7.05 Å². The number of amides is 1. The van der Waals surface area contributed by atoms with E-state index in [0.717, 1.165) is 37.2 Å². The van der Waals surface area contributed by atoms with Crippen LogP contribution in [0.5, 0.6) is 5.75 Å². The van der Waals surface area contributed by atoms with Crippen molar-refractivity contribution in [2.75, 3.05) is 26.7 Å². The predicted molar refractivity (Wildman–Crippen MR) is 91.7 cm³/mol. The highest BCUT2D eigenvalue weighted by atomic mass is 35.5. The Morgan fingerprint density at radius 2 is 1.73 bits per heavy atom. The first-order chi connectivity index (χ1) is 11.6. The van der Waals surface area contributed by atoms with Crippen molar-refractivity contribution in [2.45, 2.75) is 24.1 Å². The van der Waals surface area contributed by atoms with Crippen molar-refractivity contribution in [3.05, 3.63) is 24.3 Å². The highest BCUT2D eigenvalue weighted by Gasteiger charge is 2.31. The normalized spacial score (nSPS) is 11.5. The van der Waals surface area contributed by atoms with Crippen LogP contribution in [0.2, 0.25) is 0 Å². The quantitative estimate of drug-likeness (QED) is 0.498. The van der Waals surface area contributed by atoms with Gasteiger partial charge in [-0.3, -0.25) is 4.79 Å². The molecule has 1 rings (SSSR count). The molecular weight excluding hydrogens is 399 g/mol. The molecule has 0 aliphatic carbocycles. The summed E-state index contributed by atoms with van der Waals surface area (Å²) in [4.78, 5) is 11.3. The molecule has 3 N–H and O–H groups in total. The zero-order valence-corrected chi connectivity index (χ0v) is 15.6. The van der Waals surface area contributed by atoms with Gasteiger partial charge in [-0.1, -0.05) is 0 Å². The van der Waals surface area contributed by atoms with Crippen LogP contribution in [0, 0.1) is 0 Å². The number of ether oxygens (including phenoxy) is 1. The van der Waals surface area contributed by atoms with Gasteiger partial charge in [0.05, 0.1) is 4.90 Å². The largest absolute Gasteiger partial charge is 0.573 e. The minimum absolute atomic E-state index is 0. The van der Waals surface area contributed by atoms with Gasteiger partial charge in [0.25, 0.3) is 0 Å². The number of hydrogen-bond donors (Lipinski definition) is 3. The Morgan fingerprint density at radius 1 is 1.12 bits per heavy atom. The monoisotopic (exact) mass is 419 g/mol. The number of halogens is 4. The summed E-state index contributed by atoms with van der Waals surface area (Å²) in [5.41, 5.74) is 0. The smallest absolute Gasteiger partial charge is 0.406 e. The molecule has 0 saturated carbocycles. The minimum atomic E-state index is -4.85. The lowest BCUT2D eigenvalue weighted by atomic mass is 10.3. The summed E-state index contributed by atoms with van der Waals surface area (Å²) in [5.74, 6) is -0.819. The van der Waals surface area contributed by atoms with Crippen molar-refractivity contribution in [1.29, 1.82) is 0 Å². The van der Waals surface area contributed by atoms with Gasteiger partial charge < -0.3 is 15.4 Å². The van der Waals surface area contributed by atoms with E-state index < -0.39 is 22.1 Å². The van der Waals surface area contributed by atoms with E-state index in [1.165, 1.54) is 0 Å². The molecule has 0 aliphatic heterocycles. The van der Waals surface area contributed by atoms with Crippen LogP contribution in [-0.4, -0.2) is 47.4 Å². The van der Waals surface area contributed by atoms with Crippen molar-refractivity contribution in [3.63, 3.8) is 0 Å². The molecule has 0 saturated heterocycles. The van der Waals surface area contributed by atoms with Gasteiger partial charge in [0.15, 0.2) is 0 Å². The summed E-state index contributed by atoms with van der Waals surface area (Å²) >= 11 is 0. The van der Waals surface area contributed by atoms with Crippen molar-refractivity contribution in [2.24, 2.45) is 0 Å². The molecule has 150 valence electrons. The average Bonchev–Trinajstić information content (AvgIpc) is 2.50. The molecule has 0 unspecified atom stereocenters. The van der Waals surface area contributed by atoms with Gasteiger partial charge in [0.1, 0.15) is 5.75 Å². The maximum atomic E-state index is 12.1. The van der Waals surface area contributed by atoms with Crippen LogP contribution >= 0.6 is 12.4 Å². The maximum Gasteiger partial charge on any atom is 0.573 e. The van der Waals surface area contributed by atoms with E-state index in [9.17, 15) is 26.4 Å². The molecule has 26 heavy (non-hydrogen) atoms. The second-order valence-corrected chi connectivity index (χ2v) is 6.74. The van der Waals surface area contributed by atoms with Crippen LogP contribution < -0.4 is 20.1 Å². The number of sulfonamides is 1. The van der Waals surface area contributed by atoms with E-state index in [-0.39, 0.29) is 36.2 Å². The average molecular weight is 420 g/mol. The van der Waals surface area contributed by atoms with Crippen LogP contribution in [0.15, 0.2) is 29.2 Å². The van der Waals surface area contributed by atoms with Gasteiger partial charge in [0, 0.05) is 19.5 Å². The summed E-state index contributed by atoms with van der Waals surface area (Å²) in [6.45, 7) is 1.11. The van der Waals surface area contributed by atoms with Crippen molar-refractivity contribution in [3.8, 4) is 5.75 Å². The Hall–Kier alpha value is -1.56. The summed E-state index contributed by atoms with van der Waals surface area (Å²) in [5, 5.41) is 5.56. The molecule has 1 aromatic rings. The number of hydrogen-bond acceptors (Lipinski definition) is 5. The van der Waals surface area contributed by atoms with Crippen LogP contribution in [0.3, 0.4) is 0 Å². The zero-order valence-electron chi connectivity index (χ0n) is 13.9. The fourth-order valence-corrected chi connectivity index (χ4v) is 2.82. The molecule has 0 heterocycles. The molecule has 0 fully saturated rings. The lowest BCUT2D eigenvalue weighted by Crippen LogP contribution is -2.31. The Balaban J connectivity index is 0.00000625. The molecule has 0 spiro atoms. The third-order valence-corrected chi connectivity index (χ3v) is 4.41. The van der Waals surface area contributed by atoms with Gasteiger partial charge in [0.2, 0.25) is 15.9 Å². The highest BCUT2D eigenvalue weighted by molar-refractivity contribution is 7.89. The number of carbonyl (C=O) groups is 1. The Morgan fingerprint density at radius 3 is 2.27 bits per heavy atom. The summed E-state index contributed by atoms with van der Waals surface area (Å²) < 4.78 is 66.0.